The van der Waals surface area contributed by atoms with Gasteiger partial charge < -0.3 is 16.0 Å². The molecule has 1 aromatic rings. The molecule has 19 heavy (non-hydrogen) atoms. The number of carbonyl (C=O) groups excluding carboxylic acids is 1. The average molecular weight is 263 g/mol. The first kappa shape index (κ1) is 15.5. The number of nitrogens with two attached hydrogens (primary N) is 1. The second kappa shape index (κ2) is 7.79. The van der Waals surface area contributed by atoms with E-state index in [1.165, 1.54) is 0 Å². The standard InChI is InChI=1S/C15H25N3O/c1-4-10-17-15(19)12(3)18(5-2)14-8-6-13(11-16)7-9-14/h6-9,12H,4-5,10-11,16H2,1-3H3,(H,17,19). The first-order chi connectivity index (χ1) is 9.13. The van der Waals surface area contributed by atoms with E-state index in [0.29, 0.717) is 6.54 Å². The van der Waals surface area contributed by atoms with Crippen LogP contribution in [0.3, 0.4) is 0 Å². The van der Waals surface area contributed by atoms with Gasteiger partial charge in [0.05, 0.1) is 0 Å². The quantitative estimate of drug-likeness (QED) is 0.790. The Morgan fingerprint density at radius 3 is 2.42 bits per heavy atom. The van der Waals surface area contributed by atoms with Gasteiger partial charge in [0.15, 0.2) is 0 Å². The zero-order valence-corrected chi connectivity index (χ0v) is 12.1. The largest absolute Gasteiger partial charge is 0.360 e. The number of nitrogens with zero attached hydrogens (tertiary/aromatic N) is 1. The van der Waals surface area contributed by atoms with Crippen molar-refractivity contribution in [3.8, 4) is 0 Å². The number of likely N-dealkylation sites (N-methyl/N-ethyl adjacent to an activating group) is 1. The third-order valence-electron chi connectivity index (χ3n) is 3.24. The fourth-order valence-corrected chi connectivity index (χ4v) is 2.04. The van der Waals surface area contributed by atoms with Crippen LogP contribution >= 0.6 is 0 Å². The van der Waals surface area contributed by atoms with Crippen LogP contribution < -0.4 is 16.0 Å². The van der Waals surface area contributed by atoms with Gasteiger partial charge in [-0.05, 0) is 38.0 Å². The minimum Gasteiger partial charge on any atom is -0.360 e. The Morgan fingerprint density at radius 2 is 1.95 bits per heavy atom. The molecule has 1 aromatic carbocycles. The first-order valence-electron chi connectivity index (χ1n) is 6.97. The minimum absolute atomic E-state index is 0.0756. The zero-order valence-electron chi connectivity index (χ0n) is 12.1. The lowest BCUT2D eigenvalue weighted by atomic mass is 10.1. The SMILES string of the molecule is CCCNC(=O)C(C)N(CC)c1ccc(CN)cc1. The van der Waals surface area contributed by atoms with Crippen molar-refractivity contribution in [1.29, 1.82) is 0 Å². The molecule has 0 saturated carbocycles. The summed E-state index contributed by atoms with van der Waals surface area (Å²) in [5.41, 5.74) is 7.75. The van der Waals surface area contributed by atoms with Gasteiger partial charge in [0.25, 0.3) is 0 Å². The summed E-state index contributed by atoms with van der Waals surface area (Å²) in [5, 5.41) is 2.94. The summed E-state index contributed by atoms with van der Waals surface area (Å²) in [6.07, 6.45) is 0.954. The fraction of sp³-hybridized carbons (Fsp3) is 0.533. The molecule has 0 radical (unpaired) electrons. The van der Waals surface area contributed by atoms with Crippen molar-refractivity contribution in [3.63, 3.8) is 0 Å². The molecular formula is C15H25N3O. The van der Waals surface area contributed by atoms with Crippen LogP contribution in [0.4, 0.5) is 5.69 Å². The molecule has 0 aromatic heterocycles. The van der Waals surface area contributed by atoms with Crippen molar-refractivity contribution in [2.24, 2.45) is 5.73 Å². The van der Waals surface area contributed by atoms with Crippen molar-refractivity contribution in [2.75, 3.05) is 18.0 Å². The molecule has 0 aliphatic rings. The Hall–Kier alpha value is -1.55. The highest BCUT2D eigenvalue weighted by Gasteiger charge is 2.19. The van der Waals surface area contributed by atoms with Gasteiger partial charge in [-0.2, -0.15) is 0 Å². The number of hydrogen-bond acceptors (Lipinski definition) is 3. The van der Waals surface area contributed by atoms with Crippen molar-refractivity contribution in [3.05, 3.63) is 29.8 Å². The van der Waals surface area contributed by atoms with Crippen LogP contribution in [0.5, 0.6) is 0 Å². The Labute approximate surface area is 116 Å². The normalized spacial score (nSPS) is 12.0. The van der Waals surface area contributed by atoms with Gasteiger partial charge in [-0.3, -0.25) is 4.79 Å². The summed E-state index contributed by atoms with van der Waals surface area (Å²) in [5.74, 6) is 0.0756. The van der Waals surface area contributed by atoms with Crippen molar-refractivity contribution in [1.82, 2.24) is 5.32 Å². The lowest BCUT2D eigenvalue weighted by Gasteiger charge is -2.29. The minimum atomic E-state index is -0.166. The van der Waals surface area contributed by atoms with Crippen LogP contribution in [0.25, 0.3) is 0 Å². The molecule has 1 rings (SSSR count). The van der Waals surface area contributed by atoms with E-state index in [9.17, 15) is 4.79 Å². The summed E-state index contributed by atoms with van der Waals surface area (Å²) < 4.78 is 0. The number of nitrogens with one attached hydrogen (secondary N) is 1. The molecule has 0 aliphatic heterocycles. The van der Waals surface area contributed by atoms with E-state index in [0.717, 1.165) is 30.8 Å². The van der Waals surface area contributed by atoms with Gasteiger partial charge in [-0.1, -0.05) is 19.1 Å². The highest BCUT2D eigenvalue weighted by Crippen LogP contribution is 2.17. The molecule has 106 valence electrons. The first-order valence-corrected chi connectivity index (χ1v) is 6.97. The Kier molecular flexibility index (Phi) is 6.36. The lowest BCUT2D eigenvalue weighted by molar-refractivity contribution is -0.122. The highest BCUT2D eigenvalue weighted by molar-refractivity contribution is 5.84. The summed E-state index contributed by atoms with van der Waals surface area (Å²) in [4.78, 5) is 14.1. The van der Waals surface area contributed by atoms with Crippen molar-refractivity contribution in [2.45, 2.75) is 39.8 Å². The van der Waals surface area contributed by atoms with E-state index in [4.69, 9.17) is 5.73 Å². The van der Waals surface area contributed by atoms with Gasteiger partial charge in [0, 0.05) is 25.3 Å². The number of amides is 1. The van der Waals surface area contributed by atoms with Gasteiger partial charge in [-0.15, -0.1) is 0 Å². The molecule has 0 fully saturated rings. The number of carbonyl (C=O) groups is 1. The summed E-state index contributed by atoms with van der Waals surface area (Å²) in [7, 11) is 0. The molecule has 1 unspecified atom stereocenters. The maximum Gasteiger partial charge on any atom is 0.242 e. The second-order valence-corrected chi connectivity index (χ2v) is 4.62. The molecule has 0 saturated heterocycles. The van der Waals surface area contributed by atoms with Crippen LogP contribution in [0.15, 0.2) is 24.3 Å². The van der Waals surface area contributed by atoms with Crippen LogP contribution in [-0.4, -0.2) is 25.0 Å². The molecule has 0 bridgehead atoms. The van der Waals surface area contributed by atoms with Gasteiger partial charge in [0.1, 0.15) is 6.04 Å². The van der Waals surface area contributed by atoms with E-state index in [1.54, 1.807) is 0 Å². The Balaban J connectivity index is 2.77. The molecule has 1 atom stereocenters. The molecule has 3 N–H and O–H groups in total. The summed E-state index contributed by atoms with van der Waals surface area (Å²) in [6.45, 7) is 8.11. The summed E-state index contributed by atoms with van der Waals surface area (Å²) in [6, 6.07) is 7.90. The van der Waals surface area contributed by atoms with Crippen LogP contribution in [0, 0.1) is 0 Å². The molecule has 4 nitrogen and oxygen atoms in total. The molecule has 1 amide bonds. The predicted molar refractivity (Wildman–Crippen MR) is 80.1 cm³/mol. The van der Waals surface area contributed by atoms with Gasteiger partial charge >= 0.3 is 0 Å². The number of rotatable bonds is 7. The number of benzene rings is 1. The van der Waals surface area contributed by atoms with E-state index < -0.39 is 0 Å². The third kappa shape index (κ3) is 4.24. The van der Waals surface area contributed by atoms with Crippen LogP contribution in [-0.2, 0) is 11.3 Å². The van der Waals surface area contributed by atoms with E-state index in [-0.39, 0.29) is 11.9 Å². The maximum absolute atomic E-state index is 12.0. The number of hydrogen-bond donors (Lipinski definition) is 2. The molecule has 0 aliphatic carbocycles. The second-order valence-electron chi connectivity index (χ2n) is 4.62. The lowest BCUT2D eigenvalue weighted by Crippen LogP contribution is -2.45. The number of anilines is 1. The smallest absolute Gasteiger partial charge is 0.242 e. The van der Waals surface area contributed by atoms with Crippen LogP contribution in [0.2, 0.25) is 0 Å². The zero-order chi connectivity index (χ0) is 14.3. The maximum atomic E-state index is 12.0. The van der Waals surface area contributed by atoms with E-state index >= 15 is 0 Å². The van der Waals surface area contributed by atoms with Crippen molar-refractivity contribution < 1.29 is 4.79 Å². The molecular weight excluding hydrogens is 238 g/mol. The molecule has 0 heterocycles. The highest BCUT2D eigenvalue weighted by atomic mass is 16.2. The monoisotopic (exact) mass is 263 g/mol. The predicted octanol–water partition coefficient (Wildman–Crippen LogP) is 1.89. The summed E-state index contributed by atoms with van der Waals surface area (Å²) >= 11 is 0. The van der Waals surface area contributed by atoms with E-state index in [2.05, 4.69) is 17.1 Å². The van der Waals surface area contributed by atoms with E-state index in [1.807, 2.05) is 38.1 Å². The fourth-order valence-electron chi connectivity index (χ4n) is 2.04. The Morgan fingerprint density at radius 1 is 1.32 bits per heavy atom. The topological polar surface area (TPSA) is 58.4 Å². The van der Waals surface area contributed by atoms with Crippen LogP contribution in [0.1, 0.15) is 32.8 Å². The molecule has 0 spiro atoms. The Bertz CT molecular complexity index is 389. The molecule has 4 heteroatoms. The van der Waals surface area contributed by atoms with Crippen molar-refractivity contribution >= 4 is 11.6 Å². The third-order valence-corrected chi connectivity index (χ3v) is 3.24. The van der Waals surface area contributed by atoms with Gasteiger partial charge in [-0.25, -0.2) is 0 Å². The van der Waals surface area contributed by atoms with Gasteiger partial charge in [0.2, 0.25) is 5.91 Å². The average Bonchev–Trinajstić information content (AvgIpc) is 2.46.